The molecular weight excluding hydrogens is 280 g/mol. The first kappa shape index (κ1) is 14.8. The van der Waals surface area contributed by atoms with Crippen LogP contribution in [0, 0.1) is 6.92 Å². The van der Waals surface area contributed by atoms with Crippen LogP contribution in [0.15, 0.2) is 16.8 Å². The van der Waals surface area contributed by atoms with E-state index < -0.39 is 0 Å². The highest BCUT2D eigenvalue weighted by Gasteiger charge is 2.25. The van der Waals surface area contributed by atoms with Crippen molar-refractivity contribution in [3.05, 3.63) is 35.2 Å². The number of rotatable bonds is 2. The maximum absolute atomic E-state index is 12.3. The second-order valence-electron chi connectivity index (χ2n) is 6.99. The Morgan fingerprint density at radius 1 is 1.45 bits per heavy atom. The van der Waals surface area contributed by atoms with Crippen molar-refractivity contribution in [2.24, 2.45) is 0 Å². The second-order valence-corrected chi connectivity index (χ2v) is 6.99. The fraction of sp³-hybridized carbons (Fsp3) is 0.562. The summed E-state index contributed by atoms with van der Waals surface area (Å²) in [7, 11) is 0. The molecule has 0 saturated carbocycles. The molecule has 2 aromatic heterocycles. The number of nitrogens with zero attached hydrogens (tertiary/aromatic N) is 3. The van der Waals surface area contributed by atoms with Crippen LogP contribution in [0.1, 0.15) is 55.0 Å². The lowest BCUT2D eigenvalue weighted by Crippen LogP contribution is -2.41. The normalized spacial score (nSPS) is 18.1. The summed E-state index contributed by atoms with van der Waals surface area (Å²) in [6, 6.07) is 1.83. The summed E-state index contributed by atoms with van der Waals surface area (Å²) < 4.78 is 7.39. The van der Waals surface area contributed by atoms with E-state index in [-0.39, 0.29) is 17.4 Å². The minimum absolute atomic E-state index is 0.100. The third kappa shape index (κ3) is 2.91. The number of imidazole rings is 1. The molecule has 0 radical (unpaired) electrons. The zero-order chi connectivity index (χ0) is 15.9. The van der Waals surface area contributed by atoms with Crippen LogP contribution >= 0.6 is 0 Å². The van der Waals surface area contributed by atoms with Crippen molar-refractivity contribution in [1.82, 2.24) is 20.0 Å². The summed E-state index contributed by atoms with van der Waals surface area (Å²) in [6.45, 7) is 8.83. The largest absolute Gasteiger partial charge is 0.360 e. The van der Waals surface area contributed by atoms with Gasteiger partial charge in [-0.2, -0.15) is 0 Å². The highest BCUT2D eigenvalue weighted by molar-refractivity contribution is 5.92. The van der Waals surface area contributed by atoms with Gasteiger partial charge in [-0.15, -0.1) is 0 Å². The van der Waals surface area contributed by atoms with Gasteiger partial charge in [-0.05, 0) is 13.3 Å². The zero-order valence-corrected chi connectivity index (χ0v) is 13.5. The number of aryl methyl sites for hydroxylation is 2. The Morgan fingerprint density at radius 2 is 2.23 bits per heavy atom. The van der Waals surface area contributed by atoms with Crippen molar-refractivity contribution < 1.29 is 9.32 Å². The van der Waals surface area contributed by atoms with Gasteiger partial charge in [0.15, 0.2) is 5.69 Å². The minimum atomic E-state index is -0.176. The number of hydrogen-bond acceptors (Lipinski definition) is 4. The van der Waals surface area contributed by atoms with Gasteiger partial charge in [0.1, 0.15) is 11.6 Å². The van der Waals surface area contributed by atoms with Crippen LogP contribution in [0.2, 0.25) is 0 Å². The summed E-state index contributed by atoms with van der Waals surface area (Å²) in [5.74, 6) is 1.64. The van der Waals surface area contributed by atoms with Crippen LogP contribution in [-0.4, -0.2) is 26.7 Å². The van der Waals surface area contributed by atoms with Crippen LogP contribution in [0.25, 0.3) is 0 Å². The highest BCUT2D eigenvalue weighted by atomic mass is 16.5. The van der Waals surface area contributed by atoms with Crippen molar-refractivity contribution >= 4 is 5.91 Å². The second kappa shape index (κ2) is 5.26. The van der Waals surface area contributed by atoms with E-state index in [1.165, 1.54) is 0 Å². The number of nitrogens with one attached hydrogen (secondary N) is 1. The highest BCUT2D eigenvalue weighted by Crippen LogP contribution is 2.23. The minimum Gasteiger partial charge on any atom is -0.360 e. The summed E-state index contributed by atoms with van der Waals surface area (Å²) in [4.78, 5) is 16.8. The average Bonchev–Trinajstić information content (AvgIpc) is 3.02. The Kier molecular flexibility index (Phi) is 3.54. The first-order valence-corrected chi connectivity index (χ1v) is 7.63. The van der Waals surface area contributed by atoms with Gasteiger partial charge in [0.25, 0.3) is 5.91 Å². The summed E-state index contributed by atoms with van der Waals surface area (Å²) in [6.07, 6.45) is 3.80. The topological polar surface area (TPSA) is 73.0 Å². The maximum atomic E-state index is 12.3. The molecule has 1 amide bonds. The molecule has 22 heavy (non-hydrogen) atoms. The number of carbonyl (C=O) groups is 1. The SMILES string of the molecule is Cc1cn2c(n1)CC[C@@H](NC(=O)c1cc(C(C)(C)C)on1)C2. The summed E-state index contributed by atoms with van der Waals surface area (Å²) >= 11 is 0. The number of fused-ring (bicyclic) bond motifs is 1. The van der Waals surface area contributed by atoms with Gasteiger partial charge in [-0.3, -0.25) is 4.79 Å². The zero-order valence-electron chi connectivity index (χ0n) is 13.5. The smallest absolute Gasteiger partial charge is 0.273 e. The van der Waals surface area contributed by atoms with E-state index in [1.807, 2.05) is 33.9 Å². The predicted octanol–water partition coefficient (Wildman–Crippen LogP) is 2.22. The molecule has 0 spiro atoms. The van der Waals surface area contributed by atoms with E-state index in [9.17, 15) is 4.79 Å². The lowest BCUT2D eigenvalue weighted by Gasteiger charge is -2.24. The number of carbonyl (C=O) groups excluding carboxylic acids is 1. The number of amides is 1. The molecule has 0 bridgehead atoms. The quantitative estimate of drug-likeness (QED) is 0.923. The fourth-order valence-corrected chi connectivity index (χ4v) is 2.70. The predicted molar refractivity (Wildman–Crippen MR) is 81.7 cm³/mol. The van der Waals surface area contributed by atoms with Gasteiger partial charge in [0.2, 0.25) is 0 Å². The van der Waals surface area contributed by atoms with Gasteiger partial charge in [0, 0.05) is 36.7 Å². The molecule has 3 heterocycles. The Hall–Kier alpha value is -2.11. The van der Waals surface area contributed by atoms with Gasteiger partial charge >= 0.3 is 0 Å². The lowest BCUT2D eigenvalue weighted by atomic mass is 9.93. The summed E-state index contributed by atoms with van der Waals surface area (Å²) in [5.41, 5.74) is 1.21. The molecule has 0 saturated heterocycles. The molecule has 6 nitrogen and oxygen atoms in total. The van der Waals surface area contributed by atoms with Gasteiger partial charge in [-0.1, -0.05) is 25.9 Å². The van der Waals surface area contributed by atoms with Gasteiger partial charge in [0.05, 0.1) is 5.69 Å². The van der Waals surface area contributed by atoms with Crippen molar-refractivity contribution in [3.63, 3.8) is 0 Å². The standard InChI is InChI=1S/C16H22N4O2/c1-10-8-20-9-11(5-6-14(20)17-10)18-15(21)12-7-13(22-19-12)16(2,3)4/h7-8,11H,5-6,9H2,1-4H3,(H,18,21)/t11-/m1/s1. The van der Waals surface area contributed by atoms with Crippen LogP contribution in [0.3, 0.4) is 0 Å². The van der Waals surface area contributed by atoms with E-state index in [0.29, 0.717) is 11.5 Å². The van der Waals surface area contributed by atoms with Gasteiger partial charge in [-0.25, -0.2) is 4.98 Å². The molecule has 0 aliphatic carbocycles. The molecule has 2 aromatic rings. The van der Waals surface area contributed by atoms with Crippen molar-refractivity contribution in [2.45, 2.75) is 58.5 Å². The molecule has 1 aliphatic heterocycles. The Bertz CT molecular complexity index is 693. The Balaban J connectivity index is 1.66. The molecule has 1 aliphatic rings. The summed E-state index contributed by atoms with van der Waals surface area (Å²) in [5, 5.41) is 6.93. The molecule has 3 rings (SSSR count). The third-order valence-electron chi connectivity index (χ3n) is 3.93. The molecule has 1 atom stereocenters. The molecule has 0 unspecified atom stereocenters. The third-order valence-corrected chi connectivity index (χ3v) is 3.93. The van der Waals surface area contributed by atoms with Crippen LogP contribution in [-0.2, 0) is 18.4 Å². The molecule has 1 N–H and O–H groups in total. The maximum Gasteiger partial charge on any atom is 0.273 e. The van der Waals surface area contributed by atoms with E-state index in [0.717, 1.165) is 30.9 Å². The monoisotopic (exact) mass is 302 g/mol. The number of aromatic nitrogens is 3. The number of hydrogen-bond donors (Lipinski definition) is 1. The van der Waals surface area contributed by atoms with E-state index in [2.05, 4.69) is 20.0 Å². The van der Waals surface area contributed by atoms with Crippen LogP contribution in [0.4, 0.5) is 0 Å². The lowest BCUT2D eigenvalue weighted by molar-refractivity contribution is 0.0918. The molecule has 0 fully saturated rings. The van der Waals surface area contributed by atoms with E-state index >= 15 is 0 Å². The van der Waals surface area contributed by atoms with Crippen molar-refractivity contribution in [3.8, 4) is 0 Å². The van der Waals surface area contributed by atoms with E-state index in [4.69, 9.17) is 4.52 Å². The van der Waals surface area contributed by atoms with E-state index in [1.54, 1.807) is 6.07 Å². The van der Waals surface area contributed by atoms with Crippen molar-refractivity contribution in [1.29, 1.82) is 0 Å². The molecule has 6 heteroatoms. The average molecular weight is 302 g/mol. The van der Waals surface area contributed by atoms with Crippen LogP contribution in [0.5, 0.6) is 0 Å². The molecule has 118 valence electrons. The molecular formula is C16H22N4O2. The Labute approximate surface area is 129 Å². The fourth-order valence-electron chi connectivity index (χ4n) is 2.70. The first-order chi connectivity index (χ1) is 10.3. The Morgan fingerprint density at radius 3 is 2.91 bits per heavy atom. The first-order valence-electron chi connectivity index (χ1n) is 7.63. The van der Waals surface area contributed by atoms with Gasteiger partial charge < -0.3 is 14.4 Å². The van der Waals surface area contributed by atoms with Crippen LogP contribution < -0.4 is 5.32 Å². The van der Waals surface area contributed by atoms with Crippen molar-refractivity contribution in [2.75, 3.05) is 0 Å². The molecule has 0 aromatic carbocycles.